The summed E-state index contributed by atoms with van der Waals surface area (Å²) < 4.78 is 0.759. The minimum absolute atomic E-state index is 0.320. The number of halogens is 3. The van der Waals surface area contributed by atoms with Gasteiger partial charge in [0.2, 0.25) is 11.5 Å². The summed E-state index contributed by atoms with van der Waals surface area (Å²) in [5.41, 5.74) is 2.81. The molecule has 5 aromatic rings. The summed E-state index contributed by atoms with van der Waals surface area (Å²) in [6.45, 7) is 0. The van der Waals surface area contributed by atoms with Crippen molar-refractivity contribution < 1.29 is 14.4 Å². The van der Waals surface area contributed by atoms with E-state index in [1.54, 1.807) is 29.3 Å². The highest BCUT2D eigenvalue weighted by Gasteiger charge is 2.88. The number of para-hydroxylation sites is 1. The van der Waals surface area contributed by atoms with Gasteiger partial charge < -0.3 is 0 Å². The van der Waals surface area contributed by atoms with E-state index in [1.807, 2.05) is 72.8 Å². The van der Waals surface area contributed by atoms with Gasteiger partial charge in [-0.05, 0) is 70.3 Å². The third-order valence-corrected chi connectivity index (χ3v) is 11.1. The number of carbonyl (C=O) groups excluding carboxylic acids is 2. The molecule has 220 valence electrons. The summed E-state index contributed by atoms with van der Waals surface area (Å²) >= 11 is 17.0. The Labute approximate surface area is 278 Å². The van der Waals surface area contributed by atoms with E-state index in [4.69, 9.17) is 28.0 Å². The van der Waals surface area contributed by atoms with Crippen LogP contribution in [-0.2, 0) is 14.4 Å². The Hall–Kier alpha value is -3.94. The van der Waals surface area contributed by atoms with Crippen molar-refractivity contribution in [1.29, 1.82) is 0 Å². The molecule has 2 heterocycles. The van der Waals surface area contributed by atoms with Crippen molar-refractivity contribution in [3.05, 3.63) is 164 Å². The lowest BCUT2D eigenvalue weighted by molar-refractivity contribution is -0.153. The van der Waals surface area contributed by atoms with E-state index >= 15 is 9.59 Å². The first kappa shape index (κ1) is 27.4. The molecule has 45 heavy (non-hydrogen) atoms. The maximum atomic E-state index is 15.7. The first-order valence-corrected chi connectivity index (χ1v) is 16.2. The van der Waals surface area contributed by atoms with Crippen molar-refractivity contribution in [1.82, 2.24) is 0 Å². The van der Waals surface area contributed by atoms with Crippen LogP contribution in [0.3, 0.4) is 0 Å². The molecule has 5 nitrogen and oxygen atoms in total. The monoisotopic (exact) mass is 692 g/mol. The van der Waals surface area contributed by atoms with Gasteiger partial charge in [0.1, 0.15) is 11.5 Å². The molecule has 2 saturated heterocycles. The molecule has 5 aromatic carbocycles. The number of benzene rings is 5. The average molecular weight is 694 g/mol. The Balaban J connectivity index is 1.45. The summed E-state index contributed by atoms with van der Waals surface area (Å²) in [7, 11) is 0. The number of hydrogen-bond donors (Lipinski definition) is 0. The van der Waals surface area contributed by atoms with Gasteiger partial charge in [0.25, 0.3) is 5.91 Å². The molecular formula is C37H23BrCl2N2O3. The molecule has 8 heteroatoms. The van der Waals surface area contributed by atoms with Crippen LogP contribution < -0.4 is 9.96 Å². The number of hydroxylamine groups is 1. The first-order valence-electron chi connectivity index (χ1n) is 14.7. The number of carbonyl (C=O) groups is 2. The molecule has 2 fully saturated rings. The summed E-state index contributed by atoms with van der Waals surface area (Å²) in [5, 5.41) is 2.63. The van der Waals surface area contributed by atoms with Gasteiger partial charge in [0.05, 0.1) is 17.3 Å². The molecule has 0 saturated carbocycles. The normalized spacial score (nSPS) is 27.3. The molecule has 2 aliphatic heterocycles. The Morgan fingerprint density at radius 3 is 1.84 bits per heavy atom. The molecule has 3 unspecified atom stereocenters. The summed E-state index contributed by atoms with van der Waals surface area (Å²) in [4.78, 5) is 39.8. The first-order chi connectivity index (χ1) is 21.9. The van der Waals surface area contributed by atoms with E-state index in [0.717, 1.165) is 26.7 Å². The fourth-order valence-electron chi connectivity index (χ4n) is 8.58. The molecule has 0 radical (unpaired) electrons. The van der Waals surface area contributed by atoms with Gasteiger partial charge >= 0.3 is 0 Å². The molecule has 0 aromatic heterocycles. The van der Waals surface area contributed by atoms with E-state index in [2.05, 4.69) is 40.2 Å². The van der Waals surface area contributed by atoms with Gasteiger partial charge in [-0.3, -0.25) is 14.4 Å². The second kappa shape index (κ2) is 9.54. The quantitative estimate of drug-likeness (QED) is 0.177. The van der Waals surface area contributed by atoms with Crippen LogP contribution in [0.2, 0.25) is 10.0 Å². The van der Waals surface area contributed by atoms with E-state index < -0.39 is 34.8 Å². The van der Waals surface area contributed by atoms with Crippen LogP contribution in [0.4, 0.5) is 11.4 Å². The number of anilines is 2. The highest BCUT2D eigenvalue weighted by Crippen LogP contribution is 2.78. The fraction of sp³-hybridized carbons (Fsp3) is 0.135. The standard InChI is InChI=1S/C37H23BrCl2N2O3/c38-21-9-8-12-24(19-21)41-34(43)36-31-25-13-4-6-15-27(25)32(28-16-7-5-14-26(28)31)37(36,35(41)44)45-42(23-10-2-1-3-11-23)33(36)29-18-17-22(39)20-30(29)40/h1-20,31-33H. The highest BCUT2D eigenvalue weighted by atomic mass is 79.9. The van der Waals surface area contributed by atoms with Crippen LogP contribution in [0.15, 0.2) is 126 Å². The van der Waals surface area contributed by atoms with E-state index in [0.29, 0.717) is 27.0 Å². The highest BCUT2D eigenvalue weighted by molar-refractivity contribution is 9.10. The molecule has 0 spiro atoms. The maximum Gasteiger partial charge on any atom is 0.271 e. The van der Waals surface area contributed by atoms with Crippen LogP contribution in [0.5, 0.6) is 0 Å². The summed E-state index contributed by atoms with van der Waals surface area (Å²) in [6.07, 6.45) is 0. The number of nitrogens with zero attached hydrogens (tertiary/aromatic N) is 2. The lowest BCUT2D eigenvalue weighted by Gasteiger charge is -2.55. The Morgan fingerprint density at radius 2 is 1.22 bits per heavy atom. The Kier molecular flexibility index (Phi) is 5.80. The number of hydrogen-bond acceptors (Lipinski definition) is 4. The number of imide groups is 1. The maximum absolute atomic E-state index is 15.7. The lowest BCUT2D eigenvalue weighted by Crippen LogP contribution is -2.63. The van der Waals surface area contributed by atoms with Crippen molar-refractivity contribution in [2.24, 2.45) is 5.41 Å². The van der Waals surface area contributed by atoms with Crippen LogP contribution >= 0.6 is 39.1 Å². The topological polar surface area (TPSA) is 49.9 Å². The summed E-state index contributed by atoms with van der Waals surface area (Å²) in [5.74, 6) is -1.79. The molecule has 5 aliphatic rings. The Bertz CT molecular complexity index is 2040. The third kappa shape index (κ3) is 3.28. The SMILES string of the molecule is O=C1N(c2cccc(Br)c2)C(=O)C23C4c5ccccc5C(c5ccccc54)C12ON(c1ccccc1)C3c1ccc(Cl)cc1Cl. The van der Waals surface area contributed by atoms with E-state index in [-0.39, 0.29) is 5.91 Å². The van der Waals surface area contributed by atoms with Crippen LogP contribution in [-0.4, -0.2) is 17.4 Å². The molecule has 3 aliphatic carbocycles. The molecule has 2 bridgehead atoms. The fourth-order valence-corrected chi connectivity index (χ4v) is 9.47. The van der Waals surface area contributed by atoms with Crippen molar-refractivity contribution in [2.75, 3.05) is 9.96 Å². The molecule has 0 N–H and O–H groups in total. The second-order valence-corrected chi connectivity index (χ2v) is 13.7. The largest absolute Gasteiger partial charge is 0.273 e. The van der Waals surface area contributed by atoms with Gasteiger partial charge in [-0.15, -0.1) is 0 Å². The van der Waals surface area contributed by atoms with E-state index in [9.17, 15) is 0 Å². The average Bonchev–Trinajstić information content (AvgIpc) is 3.48. The van der Waals surface area contributed by atoms with Crippen LogP contribution in [0.1, 0.15) is 45.7 Å². The summed E-state index contributed by atoms with van der Waals surface area (Å²) in [6, 6.07) is 37.8. The van der Waals surface area contributed by atoms with Crippen LogP contribution in [0, 0.1) is 5.41 Å². The van der Waals surface area contributed by atoms with Gasteiger partial charge in [0, 0.05) is 20.4 Å². The predicted molar refractivity (Wildman–Crippen MR) is 178 cm³/mol. The van der Waals surface area contributed by atoms with Crippen molar-refractivity contribution in [2.45, 2.75) is 23.5 Å². The minimum Gasteiger partial charge on any atom is -0.273 e. The molecule has 2 amide bonds. The van der Waals surface area contributed by atoms with Crippen molar-refractivity contribution in [3.63, 3.8) is 0 Å². The second-order valence-electron chi connectivity index (χ2n) is 12.0. The van der Waals surface area contributed by atoms with Crippen molar-refractivity contribution >= 4 is 62.3 Å². The lowest BCUT2D eigenvalue weighted by atomic mass is 9.43. The van der Waals surface area contributed by atoms with Crippen molar-refractivity contribution in [3.8, 4) is 0 Å². The van der Waals surface area contributed by atoms with Crippen LogP contribution in [0.25, 0.3) is 0 Å². The smallest absolute Gasteiger partial charge is 0.271 e. The predicted octanol–water partition coefficient (Wildman–Crippen LogP) is 8.84. The zero-order valence-corrected chi connectivity index (χ0v) is 26.6. The minimum atomic E-state index is -1.62. The Morgan fingerprint density at radius 1 is 0.622 bits per heavy atom. The van der Waals surface area contributed by atoms with Gasteiger partial charge in [-0.1, -0.05) is 118 Å². The zero-order valence-electron chi connectivity index (χ0n) is 23.5. The molecule has 3 atom stereocenters. The third-order valence-electron chi connectivity index (χ3n) is 10.0. The number of rotatable bonds is 3. The van der Waals surface area contributed by atoms with Gasteiger partial charge in [-0.25, -0.2) is 9.96 Å². The molecular weight excluding hydrogens is 671 g/mol. The number of amides is 2. The zero-order chi connectivity index (χ0) is 30.7. The van der Waals surface area contributed by atoms with E-state index in [1.165, 1.54) is 4.90 Å². The molecule has 10 rings (SSSR count). The van der Waals surface area contributed by atoms with Gasteiger partial charge in [0.15, 0.2) is 0 Å². The van der Waals surface area contributed by atoms with Gasteiger partial charge in [-0.2, -0.15) is 0 Å².